The molecule has 0 bridgehead atoms. The van der Waals surface area contributed by atoms with Gasteiger partial charge in [0.25, 0.3) is 11.8 Å². The number of amides is 2. The standard InChI is InChI=1S/C17H14ClFN4O2/c1-23-13-6-11(18)3-2-10(13)5-14(23)17(25)22-8-9-4-12(19)15(16(20)24)21-7-9/h2-7H,8H2,1H3,(H2,20,24)(H,22,25). The number of hydrogen-bond donors (Lipinski definition) is 2. The summed E-state index contributed by atoms with van der Waals surface area (Å²) in [5.74, 6) is -2.09. The molecule has 0 aliphatic carbocycles. The molecule has 0 aliphatic heterocycles. The molecule has 0 radical (unpaired) electrons. The van der Waals surface area contributed by atoms with Crippen LogP contribution in [-0.2, 0) is 13.6 Å². The molecule has 8 heteroatoms. The van der Waals surface area contributed by atoms with E-state index in [1.54, 1.807) is 29.8 Å². The van der Waals surface area contributed by atoms with Crippen molar-refractivity contribution < 1.29 is 14.0 Å². The third-order valence-electron chi connectivity index (χ3n) is 3.82. The second-order valence-corrected chi connectivity index (χ2v) is 5.95. The SMILES string of the molecule is Cn1c(C(=O)NCc2cnc(C(N)=O)c(F)c2)cc2ccc(Cl)cc21. The number of halogens is 2. The molecule has 2 aromatic heterocycles. The van der Waals surface area contributed by atoms with Crippen LogP contribution in [0.2, 0.25) is 5.02 Å². The number of pyridine rings is 1. The molecule has 6 nitrogen and oxygen atoms in total. The fourth-order valence-corrected chi connectivity index (χ4v) is 2.72. The molecule has 0 unspecified atom stereocenters. The van der Waals surface area contributed by atoms with E-state index in [9.17, 15) is 14.0 Å². The zero-order valence-electron chi connectivity index (χ0n) is 13.2. The van der Waals surface area contributed by atoms with Crippen LogP contribution in [0.5, 0.6) is 0 Å². The van der Waals surface area contributed by atoms with Crippen molar-refractivity contribution in [3.05, 3.63) is 64.3 Å². The lowest BCUT2D eigenvalue weighted by molar-refractivity contribution is 0.0941. The van der Waals surface area contributed by atoms with Crippen LogP contribution < -0.4 is 11.1 Å². The second-order valence-electron chi connectivity index (χ2n) is 5.51. The smallest absolute Gasteiger partial charge is 0.270 e. The van der Waals surface area contributed by atoms with Crippen LogP contribution in [0.25, 0.3) is 10.9 Å². The van der Waals surface area contributed by atoms with Crippen LogP contribution in [0, 0.1) is 5.82 Å². The van der Waals surface area contributed by atoms with Crippen molar-refractivity contribution in [2.75, 3.05) is 0 Å². The van der Waals surface area contributed by atoms with Gasteiger partial charge in [0, 0.05) is 35.7 Å². The summed E-state index contributed by atoms with van der Waals surface area (Å²) in [6, 6.07) is 8.22. The zero-order chi connectivity index (χ0) is 18.1. The lowest BCUT2D eigenvalue weighted by Gasteiger charge is -2.07. The maximum absolute atomic E-state index is 13.7. The summed E-state index contributed by atoms with van der Waals surface area (Å²) in [6.07, 6.45) is 1.30. The van der Waals surface area contributed by atoms with Gasteiger partial charge in [0.05, 0.1) is 0 Å². The average molecular weight is 361 g/mol. The predicted molar refractivity (Wildman–Crippen MR) is 91.8 cm³/mol. The van der Waals surface area contributed by atoms with Crippen LogP contribution in [-0.4, -0.2) is 21.4 Å². The van der Waals surface area contributed by atoms with Gasteiger partial charge in [0.15, 0.2) is 11.5 Å². The number of nitrogens with zero attached hydrogens (tertiary/aromatic N) is 2. The van der Waals surface area contributed by atoms with E-state index >= 15 is 0 Å². The first kappa shape index (κ1) is 16.9. The molecule has 0 spiro atoms. The van der Waals surface area contributed by atoms with Gasteiger partial charge in [-0.1, -0.05) is 17.7 Å². The Morgan fingerprint density at radius 1 is 1.32 bits per heavy atom. The van der Waals surface area contributed by atoms with Gasteiger partial charge in [-0.2, -0.15) is 0 Å². The van der Waals surface area contributed by atoms with E-state index in [2.05, 4.69) is 10.3 Å². The summed E-state index contributed by atoms with van der Waals surface area (Å²) in [7, 11) is 1.76. The molecule has 1 aromatic carbocycles. The first-order chi connectivity index (χ1) is 11.9. The van der Waals surface area contributed by atoms with Crippen molar-refractivity contribution in [2.45, 2.75) is 6.54 Å². The van der Waals surface area contributed by atoms with Gasteiger partial charge >= 0.3 is 0 Å². The number of fused-ring (bicyclic) bond motifs is 1. The van der Waals surface area contributed by atoms with Crippen molar-refractivity contribution in [1.82, 2.24) is 14.9 Å². The molecule has 25 heavy (non-hydrogen) atoms. The number of carbonyl (C=O) groups is 2. The quantitative estimate of drug-likeness (QED) is 0.748. The highest BCUT2D eigenvalue weighted by atomic mass is 35.5. The number of aryl methyl sites for hydroxylation is 1. The zero-order valence-corrected chi connectivity index (χ0v) is 14.0. The minimum Gasteiger partial charge on any atom is -0.364 e. The van der Waals surface area contributed by atoms with Gasteiger partial charge in [0.2, 0.25) is 0 Å². The molecular formula is C17H14ClFN4O2. The summed E-state index contributed by atoms with van der Waals surface area (Å²) in [6.45, 7) is 0.0596. The molecular weight excluding hydrogens is 347 g/mol. The molecule has 0 aliphatic rings. The van der Waals surface area contributed by atoms with Crippen LogP contribution >= 0.6 is 11.6 Å². The van der Waals surface area contributed by atoms with Crippen LogP contribution in [0.3, 0.4) is 0 Å². The predicted octanol–water partition coefficient (Wildman–Crippen LogP) is 2.39. The molecule has 128 valence electrons. The average Bonchev–Trinajstić information content (AvgIpc) is 2.89. The summed E-state index contributed by atoms with van der Waals surface area (Å²) in [5, 5.41) is 4.16. The highest BCUT2D eigenvalue weighted by Crippen LogP contribution is 2.22. The van der Waals surface area contributed by atoms with Crippen LogP contribution in [0.4, 0.5) is 4.39 Å². The van der Waals surface area contributed by atoms with E-state index in [0.29, 0.717) is 16.3 Å². The van der Waals surface area contributed by atoms with Crippen molar-refractivity contribution in [3.8, 4) is 0 Å². The third kappa shape index (κ3) is 3.32. The monoisotopic (exact) mass is 360 g/mol. The van der Waals surface area contributed by atoms with Gasteiger partial charge in [-0.15, -0.1) is 0 Å². The van der Waals surface area contributed by atoms with E-state index in [0.717, 1.165) is 17.0 Å². The van der Waals surface area contributed by atoms with Crippen LogP contribution in [0.1, 0.15) is 26.5 Å². The minimum absolute atomic E-state index is 0.0596. The first-order valence-corrected chi connectivity index (χ1v) is 7.72. The molecule has 3 N–H and O–H groups in total. The largest absolute Gasteiger partial charge is 0.364 e. The Morgan fingerprint density at radius 3 is 2.76 bits per heavy atom. The van der Waals surface area contributed by atoms with E-state index in [4.69, 9.17) is 17.3 Å². The highest BCUT2D eigenvalue weighted by Gasteiger charge is 2.15. The van der Waals surface area contributed by atoms with Crippen molar-refractivity contribution >= 4 is 34.3 Å². The molecule has 2 heterocycles. The Bertz CT molecular complexity index is 1000. The lowest BCUT2D eigenvalue weighted by Crippen LogP contribution is -2.25. The van der Waals surface area contributed by atoms with Crippen molar-refractivity contribution in [3.63, 3.8) is 0 Å². The first-order valence-electron chi connectivity index (χ1n) is 7.34. The molecule has 0 atom stereocenters. The molecule has 0 saturated heterocycles. The molecule has 0 saturated carbocycles. The Labute approximate surface area is 147 Å². The summed E-state index contributed by atoms with van der Waals surface area (Å²) >= 11 is 5.98. The maximum Gasteiger partial charge on any atom is 0.270 e. The molecule has 3 rings (SSSR count). The minimum atomic E-state index is -0.942. The number of nitrogens with two attached hydrogens (primary N) is 1. The Hall–Kier alpha value is -2.93. The van der Waals surface area contributed by atoms with Crippen molar-refractivity contribution in [1.29, 1.82) is 0 Å². The number of aromatic nitrogens is 2. The molecule has 2 amide bonds. The van der Waals surface area contributed by atoms with E-state index in [1.807, 2.05) is 6.07 Å². The normalized spacial score (nSPS) is 10.8. The third-order valence-corrected chi connectivity index (χ3v) is 4.06. The number of hydrogen-bond acceptors (Lipinski definition) is 3. The van der Waals surface area contributed by atoms with E-state index < -0.39 is 17.4 Å². The fraction of sp³-hybridized carbons (Fsp3) is 0.118. The summed E-state index contributed by atoms with van der Waals surface area (Å²) in [5.41, 5.74) is 6.26. The number of nitrogens with one attached hydrogen (secondary N) is 1. The van der Waals surface area contributed by atoms with Crippen LogP contribution in [0.15, 0.2) is 36.5 Å². The molecule has 3 aromatic rings. The number of primary amides is 1. The van der Waals surface area contributed by atoms with Gasteiger partial charge in [-0.05, 0) is 29.8 Å². The number of benzene rings is 1. The number of carbonyl (C=O) groups excluding carboxylic acids is 2. The van der Waals surface area contributed by atoms with Gasteiger partial charge in [-0.25, -0.2) is 9.37 Å². The van der Waals surface area contributed by atoms with Gasteiger partial charge < -0.3 is 15.6 Å². The Balaban J connectivity index is 1.78. The fourth-order valence-electron chi connectivity index (χ4n) is 2.55. The maximum atomic E-state index is 13.7. The Kier molecular flexibility index (Phi) is 4.41. The highest BCUT2D eigenvalue weighted by molar-refractivity contribution is 6.31. The number of rotatable bonds is 4. The van der Waals surface area contributed by atoms with E-state index in [1.165, 1.54) is 6.20 Å². The lowest BCUT2D eigenvalue weighted by atomic mass is 10.2. The van der Waals surface area contributed by atoms with Crippen molar-refractivity contribution in [2.24, 2.45) is 12.8 Å². The summed E-state index contributed by atoms with van der Waals surface area (Å²) in [4.78, 5) is 27.0. The topological polar surface area (TPSA) is 90.0 Å². The van der Waals surface area contributed by atoms with Gasteiger partial charge in [0.1, 0.15) is 5.69 Å². The summed E-state index contributed by atoms with van der Waals surface area (Å²) < 4.78 is 15.4. The Morgan fingerprint density at radius 2 is 2.08 bits per heavy atom. The second kappa shape index (κ2) is 6.52. The molecule has 0 fully saturated rings. The van der Waals surface area contributed by atoms with E-state index in [-0.39, 0.29) is 12.5 Å². The van der Waals surface area contributed by atoms with Gasteiger partial charge in [-0.3, -0.25) is 9.59 Å².